The van der Waals surface area contributed by atoms with Gasteiger partial charge in [-0.2, -0.15) is 0 Å². The molecule has 0 amide bonds. The van der Waals surface area contributed by atoms with Crippen LogP contribution in [0.5, 0.6) is 0 Å². The fourth-order valence-electron chi connectivity index (χ4n) is 1.61. The molecule has 0 rings (SSSR count). The summed E-state index contributed by atoms with van der Waals surface area (Å²) in [5.74, 6) is 1.34. The van der Waals surface area contributed by atoms with Crippen LogP contribution >= 0.6 is 0 Å². The van der Waals surface area contributed by atoms with E-state index in [1.165, 1.54) is 0 Å². The summed E-state index contributed by atoms with van der Waals surface area (Å²) in [4.78, 5) is 0. The SMILES string of the molecule is COCCNCC(CCOCCOC)C(C)C. The summed E-state index contributed by atoms with van der Waals surface area (Å²) in [6.07, 6.45) is 1.10. The molecule has 0 aliphatic carbocycles. The maximum Gasteiger partial charge on any atom is 0.0700 e. The van der Waals surface area contributed by atoms with Crippen LogP contribution in [0.2, 0.25) is 0 Å². The summed E-state index contributed by atoms with van der Waals surface area (Å²) in [5.41, 5.74) is 0. The Balaban J connectivity index is 3.53. The van der Waals surface area contributed by atoms with Crippen molar-refractivity contribution in [1.82, 2.24) is 5.32 Å². The number of rotatable bonds is 12. The van der Waals surface area contributed by atoms with Gasteiger partial charge in [-0.3, -0.25) is 0 Å². The summed E-state index contributed by atoms with van der Waals surface area (Å²) < 4.78 is 15.5. The predicted molar refractivity (Wildman–Crippen MR) is 70.4 cm³/mol. The first kappa shape index (κ1) is 16.8. The van der Waals surface area contributed by atoms with Gasteiger partial charge in [-0.1, -0.05) is 13.8 Å². The van der Waals surface area contributed by atoms with Gasteiger partial charge >= 0.3 is 0 Å². The minimum atomic E-state index is 0.661. The number of hydrogen-bond donors (Lipinski definition) is 1. The van der Waals surface area contributed by atoms with Gasteiger partial charge in [-0.25, -0.2) is 0 Å². The summed E-state index contributed by atoms with van der Waals surface area (Å²) in [6.45, 7) is 9.44. The monoisotopic (exact) mass is 247 g/mol. The zero-order chi connectivity index (χ0) is 12.9. The van der Waals surface area contributed by atoms with Gasteiger partial charge in [-0.05, 0) is 24.8 Å². The van der Waals surface area contributed by atoms with Crippen LogP contribution in [0.1, 0.15) is 20.3 Å². The Kier molecular flexibility index (Phi) is 12.2. The largest absolute Gasteiger partial charge is 0.383 e. The average Bonchev–Trinajstić information content (AvgIpc) is 2.31. The predicted octanol–water partition coefficient (Wildman–Crippen LogP) is 1.55. The van der Waals surface area contributed by atoms with Gasteiger partial charge in [0.15, 0.2) is 0 Å². The van der Waals surface area contributed by atoms with Crippen molar-refractivity contribution >= 4 is 0 Å². The molecule has 0 aromatic carbocycles. The number of ether oxygens (including phenoxy) is 3. The minimum absolute atomic E-state index is 0.661. The maximum absolute atomic E-state index is 5.50. The van der Waals surface area contributed by atoms with E-state index in [4.69, 9.17) is 14.2 Å². The minimum Gasteiger partial charge on any atom is -0.383 e. The second-order valence-electron chi connectivity index (χ2n) is 4.59. The number of nitrogens with one attached hydrogen (secondary N) is 1. The van der Waals surface area contributed by atoms with Crippen LogP contribution in [-0.4, -0.2) is 53.7 Å². The Hall–Kier alpha value is -0.160. The fourth-order valence-corrected chi connectivity index (χ4v) is 1.61. The second-order valence-corrected chi connectivity index (χ2v) is 4.59. The Morgan fingerprint density at radius 3 is 2.24 bits per heavy atom. The van der Waals surface area contributed by atoms with Gasteiger partial charge < -0.3 is 19.5 Å². The lowest BCUT2D eigenvalue weighted by Gasteiger charge is -2.21. The molecule has 0 saturated carbocycles. The molecule has 1 atom stereocenters. The van der Waals surface area contributed by atoms with E-state index in [1.54, 1.807) is 14.2 Å². The van der Waals surface area contributed by atoms with Gasteiger partial charge in [0.05, 0.1) is 19.8 Å². The lowest BCUT2D eigenvalue weighted by atomic mass is 9.93. The average molecular weight is 247 g/mol. The van der Waals surface area contributed by atoms with Crippen molar-refractivity contribution in [2.24, 2.45) is 11.8 Å². The van der Waals surface area contributed by atoms with Crippen LogP contribution in [-0.2, 0) is 14.2 Å². The zero-order valence-electron chi connectivity index (χ0n) is 11.8. The van der Waals surface area contributed by atoms with Gasteiger partial charge in [0.1, 0.15) is 0 Å². The van der Waals surface area contributed by atoms with Gasteiger partial charge in [0, 0.05) is 27.4 Å². The highest BCUT2D eigenvalue weighted by Gasteiger charge is 2.12. The van der Waals surface area contributed by atoms with Crippen LogP contribution in [0.4, 0.5) is 0 Å². The smallest absolute Gasteiger partial charge is 0.0700 e. The standard InChI is InChI=1S/C13H29NO3/c1-12(2)13(11-14-6-8-15-3)5-7-17-10-9-16-4/h12-14H,5-11H2,1-4H3. The molecule has 4 heteroatoms. The van der Waals surface area contributed by atoms with Crippen molar-refractivity contribution in [3.63, 3.8) is 0 Å². The molecule has 0 aromatic heterocycles. The normalized spacial score (nSPS) is 13.2. The van der Waals surface area contributed by atoms with Crippen molar-refractivity contribution in [2.45, 2.75) is 20.3 Å². The fraction of sp³-hybridized carbons (Fsp3) is 1.00. The third-order valence-corrected chi connectivity index (χ3v) is 2.90. The van der Waals surface area contributed by atoms with Crippen LogP contribution in [0, 0.1) is 11.8 Å². The van der Waals surface area contributed by atoms with Gasteiger partial charge in [0.25, 0.3) is 0 Å². The molecule has 104 valence electrons. The van der Waals surface area contributed by atoms with E-state index in [0.717, 1.165) is 32.7 Å². The second kappa shape index (κ2) is 12.3. The summed E-state index contributed by atoms with van der Waals surface area (Å²) in [7, 11) is 3.42. The van der Waals surface area contributed by atoms with E-state index in [9.17, 15) is 0 Å². The molecular weight excluding hydrogens is 218 g/mol. The highest BCUT2D eigenvalue weighted by molar-refractivity contribution is 4.66. The molecule has 0 aliphatic heterocycles. The molecule has 17 heavy (non-hydrogen) atoms. The first-order valence-corrected chi connectivity index (χ1v) is 6.48. The van der Waals surface area contributed by atoms with E-state index >= 15 is 0 Å². The van der Waals surface area contributed by atoms with Crippen LogP contribution < -0.4 is 5.32 Å². The van der Waals surface area contributed by atoms with Crippen molar-refractivity contribution < 1.29 is 14.2 Å². The molecule has 4 nitrogen and oxygen atoms in total. The molecule has 0 saturated heterocycles. The molecule has 0 spiro atoms. The lowest BCUT2D eigenvalue weighted by molar-refractivity contribution is 0.0604. The Morgan fingerprint density at radius 2 is 1.65 bits per heavy atom. The third-order valence-electron chi connectivity index (χ3n) is 2.90. The van der Waals surface area contributed by atoms with E-state index < -0.39 is 0 Å². The van der Waals surface area contributed by atoms with E-state index in [2.05, 4.69) is 19.2 Å². The lowest BCUT2D eigenvalue weighted by Crippen LogP contribution is -2.29. The third kappa shape index (κ3) is 10.7. The van der Waals surface area contributed by atoms with Gasteiger partial charge in [-0.15, -0.1) is 0 Å². The summed E-state index contributed by atoms with van der Waals surface area (Å²) in [6, 6.07) is 0. The molecule has 0 fully saturated rings. The first-order valence-electron chi connectivity index (χ1n) is 6.48. The van der Waals surface area contributed by atoms with Crippen molar-refractivity contribution in [3.8, 4) is 0 Å². The van der Waals surface area contributed by atoms with Gasteiger partial charge in [0.2, 0.25) is 0 Å². The number of methoxy groups -OCH3 is 2. The van der Waals surface area contributed by atoms with Crippen molar-refractivity contribution in [3.05, 3.63) is 0 Å². The molecule has 0 radical (unpaired) electrons. The summed E-state index contributed by atoms with van der Waals surface area (Å²) in [5, 5.41) is 3.41. The topological polar surface area (TPSA) is 39.7 Å². The molecule has 0 heterocycles. The molecule has 0 bridgehead atoms. The Labute approximate surface area is 106 Å². The zero-order valence-corrected chi connectivity index (χ0v) is 11.8. The van der Waals surface area contributed by atoms with E-state index in [-0.39, 0.29) is 0 Å². The highest BCUT2D eigenvalue weighted by atomic mass is 16.5. The molecule has 0 aromatic rings. The Bertz CT molecular complexity index is 154. The molecular formula is C13H29NO3. The summed E-state index contributed by atoms with van der Waals surface area (Å²) >= 11 is 0. The number of hydrogen-bond acceptors (Lipinski definition) is 4. The quantitative estimate of drug-likeness (QED) is 0.531. The highest BCUT2D eigenvalue weighted by Crippen LogP contribution is 2.14. The maximum atomic E-state index is 5.50. The van der Waals surface area contributed by atoms with E-state index in [1.807, 2.05) is 0 Å². The van der Waals surface area contributed by atoms with Crippen molar-refractivity contribution in [1.29, 1.82) is 0 Å². The van der Waals surface area contributed by atoms with E-state index in [0.29, 0.717) is 25.0 Å². The first-order chi connectivity index (χ1) is 8.22. The molecule has 0 aliphatic rings. The molecule has 1 N–H and O–H groups in total. The Morgan fingerprint density at radius 1 is 0.941 bits per heavy atom. The van der Waals surface area contributed by atoms with Crippen LogP contribution in [0.15, 0.2) is 0 Å². The van der Waals surface area contributed by atoms with Crippen LogP contribution in [0.25, 0.3) is 0 Å². The molecule has 1 unspecified atom stereocenters. The van der Waals surface area contributed by atoms with Crippen molar-refractivity contribution in [2.75, 3.05) is 53.7 Å². The van der Waals surface area contributed by atoms with Crippen LogP contribution in [0.3, 0.4) is 0 Å².